The van der Waals surface area contributed by atoms with Crippen molar-refractivity contribution in [2.75, 3.05) is 13.1 Å². The molecular formula is C25H31N3O. The molecule has 0 spiro atoms. The summed E-state index contributed by atoms with van der Waals surface area (Å²) in [4.78, 5) is 15.1. The Balaban J connectivity index is 1.35. The topological polar surface area (TPSA) is 37.3 Å². The lowest BCUT2D eigenvalue weighted by atomic mass is 9.95. The van der Waals surface area contributed by atoms with Crippen LogP contribution in [0.3, 0.4) is 0 Å². The minimum absolute atomic E-state index is 0.132. The van der Waals surface area contributed by atoms with Gasteiger partial charge in [-0.1, -0.05) is 48.5 Å². The summed E-state index contributed by atoms with van der Waals surface area (Å²) in [5.41, 5.74) is 5.30. The minimum atomic E-state index is 0.132. The molecule has 1 aliphatic heterocycles. The highest BCUT2D eigenvalue weighted by Gasteiger charge is 2.26. The molecule has 0 bridgehead atoms. The van der Waals surface area contributed by atoms with E-state index in [1.807, 2.05) is 18.2 Å². The molecule has 1 amide bonds. The zero-order chi connectivity index (χ0) is 20.2. The second-order valence-corrected chi connectivity index (χ2v) is 8.08. The van der Waals surface area contributed by atoms with E-state index in [2.05, 4.69) is 65.0 Å². The van der Waals surface area contributed by atoms with Crippen molar-refractivity contribution in [2.45, 2.75) is 46.3 Å². The lowest BCUT2D eigenvalue weighted by Gasteiger charge is -2.31. The molecule has 2 aromatic carbocycles. The van der Waals surface area contributed by atoms with Gasteiger partial charge in [-0.15, -0.1) is 0 Å². The highest BCUT2D eigenvalue weighted by Crippen LogP contribution is 2.28. The molecular weight excluding hydrogens is 358 g/mol. The van der Waals surface area contributed by atoms with Crippen LogP contribution < -0.4 is 5.32 Å². The second kappa shape index (κ2) is 8.83. The lowest BCUT2D eigenvalue weighted by molar-refractivity contribution is -0.126. The van der Waals surface area contributed by atoms with Gasteiger partial charge in [-0.2, -0.15) is 0 Å². The van der Waals surface area contributed by atoms with Gasteiger partial charge in [0.15, 0.2) is 0 Å². The van der Waals surface area contributed by atoms with Crippen LogP contribution in [0.2, 0.25) is 0 Å². The standard InChI is InChI=1S/C25H31N3O/c1-3-28-19(2)23(22-11-7-8-12-24(22)28)18-27-15-13-21(14-16-27)25(29)26-17-20-9-5-4-6-10-20/h4-12,21H,3,13-18H2,1-2H3,(H,26,29). The average Bonchev–Trinajstić information content (AvgIpc) is 3.04. The lowest BCUT2D eigenvalue weighted by Crippen LogP contribution is -2.40. The first-order valence-corrected chi connectivity index (χ1v) is 10.8. The first-order valence-electron chi connectivity index (χ1n) is 10.8. The second-order valence-electron chi connectivity index (χ2n) is 8.08. The number of nitrogens with one attached hydrogen (secondary N) is 1. The Morgan fingerprint density at radius 1 is 1.03 bits per heavy atom. The van der Waals surface area contributed by atoms with Crippen molar-refractivity contribution in [3.63, 3.8) is 0 Å². The number of aryl methyl sites for hydroxylation is 1. The molecule has 1 aliphatic rings. The van der Waals surface area contributed by atoms with Gasteiger partial charge >= 0.3 is 0 Å². The molecule has 1 saturated heterocycles. The number of rotatable bonds is 6. The maximum absolute atomic E-state index is 12.6. The van der Waals surface area contributed by atoms with E-state index in [1.165, 1.54) is 22.2 Å². The number of fused-ring (bicyclic) bond motifs is 1. The fraction of sp³-hybridized carbons (Fsp3) is 0.400. The third-order valence-electron chi connectivity index (χ3n) is 6.33. The number of hydrogen-bond donors (Lipinski definition) is 1. The molecule has 4 nitrogen and oxygen atoms in total. The van der Waals surface area contributed by atoms with Crippen LogP contribution in [0.25, 0.3) is 10.9 Å². The predicted molar refractivity (Wildman–Crippen MR) is 119 cm³/mol. The van der Waals surface area contributed by atoms with E-state index in [-0.39, 0.29) is 11.8 Å². The van der Waals surface area contributed by atoms with Crippen molar-refractivity contribution in [1.82, 2.24) is 14.8 Å². The fourth-order valence-electron chi connectivity index (χ4n) is 4.62. The molecule has 0 aliphatic carbocycles. The number of benzene rings is 2. The third kappa shape index (κ3) is 4.23. The van der Waals surface area contributed by atoms with Crippen LogP contribution in [-0.2, 0) is 24.4 Å². The molecule has 0 unspecified atom stereocenters. The van der Waals surface area contributed by atoms with Crippen LogP contribution in [0.5, 0.6) is 0 Å². The number of nitrogens with zero attached hydrogens (tertiary/aromatic N) is 2. The number of piperidine rings is 1. The molecule has 3 aromatic rings. The van der Waals surface area contributed by atoms with Gasteiger partial charge in [0.25, 0.3) is 0 Å². The zero-order valence-electron chi connectivity index (χ0n) is 17.5. The van der Waals surface area contributed by atoms with Crippen molar-refractivity contribution >= 4 is 16.8 Å². The Morgan fingerprint density at radius 2 is 1.72 bits per heavy atom. The van der Waals surface area contributed by atoms with E-state index in [0.29, 0.717) is 6.54 Å². The number of para-hydroxylation sites is 1. The van der Waals surface area contributed by atoms with Crippen LogP contribution >= 0.6 is 0 Å². The molecule has 4 rings (SSSR count). The molecule has 1 N–H and O–H groups in total. The van der Waals surface area contributed by atoms with Gasteiger partial charge in [0.05, 0.1) is 0 Å². The highest BCUT2D eigenvalue weighted by atomic mass is 16.1. The molecule has 29 heavy (non-hydrogen) atoms. The average molecular weight is 390 g/mol. The Morgan fingerprint density at radius 3 is 2.45 bits per heavy atom. The number of carbonyl (C=O) groups is 1. The Hall–Kier alpha value is -2.59. The van der Waals surface area contributed by atoms with Crippen LogP contribution in [0.15, 0.2) is 54.6 Å². The van der Waals surface area contributed by atoms with Crippen LogP contribution in [-0.4, -0.2) is 28.5 Å². The van der Waals surface area contributed by atoms with E-state index in [9.17, 15) is 4.79 Å². The Kier molecular flexibility index (Phi) is 6.00. The van der Waals surface area contributed by atoms with Crippen molar-refractivity contribution < 1.29 is 4.79 Å². The fourth-order valence-corrected chi connectivity index (χ4v) is 4.62. The van der Waals surface area contributed by atoms with Gasteiger partial charge in [-0.3, -0.25) is 9.69 Å². The summed E-state index contributed by atoms with van der Waals surface area (Å²) in [5, 5.41) is 4.49. The van der Waals surface area contributed by atoms with E-state index >= 15 is 0 Å². The van der Waals surface area contributed by atoms with Gasteiger partial charge in [0, 0.05) is 42.1 Å². The molecule has 152 valence electrons. The van der Waals surface area contributed by atoms with Gasteiger partial charge in [0.1, 0.15) is 0 Å². The monoisotopic (exact) mass is 389 g/mol. The zero-order valence-corrected chi connectivity index (χ0v) is 17.5. The highest BCUT2D eigenvalue weighted by molar-refractivity contribution is 5.85. The molecule has 0 atom stereocenters. The van der Waals surface area contributed by atoms with Crippen LogP contribution in [0, 0.1) is 12.8 Å². The first kappa shape index (κ1) is 19.7. The van der Waals surface area contributed by atoms with Crippen LogP contribution in [0.4, 0.5) is 0 Å². The molecule has 0 radical (unpaired) electrons. The van der Waals surface area contributed by atoms with E-state index < -0.39 is 0 Å². The summed E-state index contributed by atoms with van der Waals surface area (Å²) >= 11 is 0. The SMILES string of the molecule is CCn1c(C)c(CN2CCC(C(=O)NCc3ccccc3)CC2)c2ccccc21. The number of likely N-dealkylation sites (tertiary alicyclic amines) is 1. The largest absolute Gasteiger partial charge is 0.352 e. The van der Waals surface area contributed by atoms with Crippen LogP contribution in [0.1, 0.15) is 36.6 Å². The Bertz CT molecular complexity index is 968. The maximum atomic E-state index is 12.6. The molecule has 0 saturated carbocycles. The summed E-state index contributed by atoms with van der Waals surface area (Å²) < 4.78 is 2.41. The first-order chi connectivity index (χ1) is 14.2. The molecule has 4 heteroatoms. The quantitative estimate of drug-likeness (QED) is 0.674. The van der Waals surface area contributed by atoms with Gasteiger partial charge in [-0.25, -0.2) is 0 Å². The summed E-state index contributed by atoms with van der Waals surface area (Å²) in [6.07, 6.45) is 1.87. The molecule has 1 fully saturated rings. The summed E-state index contributed by atoms with van der Waals surface area (Å²) in [5.74, 6) is 0.334. The molecule has 2 heterocycles. The van der Waals surface area contributed by atoms with Gasteiger partial charge in [-0.05, 0) is 57.0 Å². The number of amides is 1. The maximum Gasteiger partial charge on any atom is 0.223 e. The smallest absolute Gasteiger partial charge is 0.223 e. The van der Waals surface area contributed by atoms with E-state index in [4.69, 9.17) is 0 Å². The van der Waals surface area contributed by atoms with Crippen molar-refractivity contribution in [3.05, 3.63) is 71.4 Å². The number of aromatic nitrogens is 1. The predicted octanol–water partition coefficient (Wildman–Crippen LogP) is 4.50. The summed E-state index contributed by atoms with van der Waals surface area (Å²) in [6.45, 7) is 9.00. The van der Waals surface area contributed by atoms with Crippen molar-refractivity contribution in [3.8, 4) is 0 Å². The van der Waals surface area contributed by atoms with Gasteiger partial charge < -0.3 is 9.88 Å². The number of hydrogen-bond acceptors (Lipinski definition) is 2. The summed E-state index contributed by atoms with van der Waals surface area (Å²) in [7, 11) is 0. The van der Waals surface area contributed by atoms with Crippen molar-refractivity contribution in [2.24, 2.45) is 5.92 Å². The molecule has 1 aromatic heterocycles. The summed E-state index contributed by atoms with van der Waals surface area (Å²) in [6, 6.07) is 18.9. The third-order valence-corrected chi connectivity index (χ3v) is 6.33. The normalized spacial score (nSPS) is 15.7. The van der Waals surface area contributed by atoms with Crippen molar-refractivity contribution in [1.29, 1.82) is 0 Å². The van der Waals surface area contributed by atoms with E-state index in [1.54, 1.807) is 0 Å². The van der Waals surface area contributed by atoms with E-state index in [0.717, 1.165) is 44.6 Å². The number of carbonyl (C=O) groups excluding carboxylic acids is 1. The Labute approximate surface area is 173 Å². The van der Waals surface area contributed by atoms with Gasteiger partial charge in [0.2, 0.25) is 5.91 Å². The minimum Gasteiger partial charge on any atom is -0.352 e.